The molecule has 0 spiro atoms. The number of sulfonamides is 1. The lowest BCUT2D eigenvalue weighted by Crippen LogP contribution is -2.47. The van der Waals surface area contributed by atoms with Gasteiger partial charge in [-0.2, -0.15) is 26.1 Å². The van der Waals surface area contributed by atoms with E-state index in [1.54, 1.807) is 0 Å². The molecule has 0 saturated carbocycles. The molecular formula is C11H10FN3O4S2. The smallest absolute Gasteiger partial charge is 0.258 e. The third-order valence-electron chi connectivity index (χ3n) is 2.99. The van der Waals surface area contributed by atoms with Gasteiger partial charge in [0.2, 0.25) is 15.8 Å². The maximum absolute atomic E-state index is 13.5. The molecule has 1 aliphatic rings. The summed E-state index contributed by atoms with van der Waals surface area (Å²) < 4.78 is 40.1. The Balaban J connectivity index is 2.34. The van der Waals surface area contributed by atoms with Crippen molar-refractivity contribution >= 4 is 27.5 Å². The molecule has 1 unspecified atom stereocenters. The Morgan fingerprint density at radius 3 is 2.71 bits per heavy atom. The van der Waals surface area contributed by atoms with Crippen molar-refractivity contribution in [2.75, 3.05) is 11.5 Å². The van der Waals surface area contributed by atoms with Crippen LogP contribution in [0.25, 0.3) is 0 Å². The summed E-state index contributed by atoms with van der Waals surface area (Å²) in [5.41, 5.74) is -2.03. The fourth-order valence-corrected chi connectivity index (χ4v) is 4.59. The zero-order chi connectivity index (χ0) is 15.7. The molecule has 21 heavy (non-hydrogen) atoms. The van der Waals surface area contributed by atoms with E-state index in [0.29, 0.717) is 24.0 Å². The minimum Gasteiger partial charge on any atom is -0.258 e. The number of nitrogens with zero attached hydrogens (tertiary/aromatic N) is 2. The Labute approximate surface area is 124 Å². The molecule has 1 aliphatic heterocycles. The number of hydrogen-bond donors (Lipinski definition) is 1. The van der Waals surface area contributed by atoms with Crippen molar-refractivity contribution in [1.82, 2.24) is 4.72 Å². The van der Waals surface area contributed by atoms with Gasteiger partial charge in [-0.1, -0.05) is 0 Å². The zero-order valence-electron chi connectivity index (χ0n) is 10.6. The predicted octanol–water partition coefficient (Wildman–Crippen LogP) is 1.41. The predicted molar refractivity (Wildman–Crippen MR) is 73.7 cm³/mol. The molecular weight excluding hydrogens is 321 g/mol. The summed E-state index contributed by atoms with van der Waals surface area (Å²) in [5.74, 6) is -0.294. The summed E-state index contributed by atoms with van der Waals surface area (Å²) in [6, 6.07) is 4.24. The normalized spacial score (nSPS) is 21.9. The van der Waals surface area contributed by atoms with E-state index in [4.69, 9.17) is 5.26 Å². The largest absolute Gasteiger partial charge is 0.304 e. The molecule has 112 valence electrons. The second kappa shape index (κ2) is 5.59. The highest BCUT2D eigenvalue weighted by Crippen LogP contribution is 2.29. The third-order valence-corrected chi connectivity index (χ3v) is 5.72. The SMILES string of the molecule is N#CC1(NS(=O)(=O)c2ccc([N+](=O)[O-])c(F)c2)CCSC1. The molecule has 10 heteroatoms. The molecule has 7 nitrogen and oxygen atoms in total. The molecule has 2 rings (SSSR count). The van der Waals surface area contributed by atoms with Crippen molar-refractivity contribution in [3.63, 3.8) is 0 Å². The number of halogens is 1. The van der Waals surface area contributed by atoms with Gasteiger partial charge in [0.15, 0.2) is 0 Å². The van der Waals surface area contributed by atoms with Gasteiger partial charge in [0, 0.05) is 17.9 Å². The third kappa shape index (κ3) is 3.15. The van der Waals surface area contributed by atoms with Gasteiger partial charge < -0.3 is 0 Å². The Hall–Kier alpha value is -1.70. The number of hydrogen-bond acceptors (Lipinski definition) is 6. The Morgan fingerprint density at radius 1 is 1.52 bits per heavy atom. The summed E-state index contributed by atoms with van der Waals surface area (Å²) in [4.78, 5) is 9.13. The van der Waals surface area contributed by atoms with E-state index in [-0.39, 0.29) is 0 Å². The number of rotatable bonds is 4. The number of nitriles is 1. The van der Waals surface area contributed by atoms with Crippen LogP contribution in [0.1, 0.15) is 6.42 Å². The highest BCUT2D eigenvalue weighted by Gasteiger charge is 2.39. The lowest BCUT2D eigenvalue weighted by molar-refractivity contribution is -0.387. The van der Waals surface area contributed by atoms with Crippen molar-refractivity contribution in [2.45, 2.75) is 16.9 Å². The van der Waals surface area contributed by atoms with Gasteiger partial charge in [-0.05, 0) is 18.2 Å². The van der Waals surface area contributed by atoms with E-state index >= 15 is 0 Å². The molecule has 0 aliphatic carbocycles. The van der Waals surface area contributed by atoms with Crippen LogP contribution in [0.5, 0.6) is 0 Å². The van der Waals surface area contributed by atoms with Gasteiger partial charge >= 0.3 is 5.69 Å². The van der Waals surface area contributed by atoms with Gasteiger partial charge in [0.05, 0.1) is 15.9 Å². The highest BCUT2D eigenvalue weighted by atomic mass is 32.2. The monoisotopic (exact) mass is 331 g/mol. The molecule has 0 bridgehead atoms. The van der Waals surface area contributed by atoms with Gasteiger partial charge in [-0.15, -0.1) is 0 Å². The fourth-order valence-electron chi connectivity index (χ4n) is 1.88. The average Bonchev–Trinajstić information content (AvgIpc) is 2.86. The first kappa shape index (κ1) is 15.7. The van der Waals surface area contributed by atoms with Crippen molar-refractivity contribution in [3.05, 3.63) is 34.1 Å². The molecule has 1 saturated heterocycles. The number of nitro benzene ring substituents is 1. The molecule has 0 radical (unpaired) electrons. The Bertz CT molecular complexity index is 723. The number of benzene rings is 1. The Morgan fingerprint density at radius 2 is 2.24 bits per heavy atom. The molecule has 0 amide bonds. The van der Waals surface area contributed by atoms with Crippen molar-refractivity contribution in [2.24, 2.45) is 0 Å². The first-order valence-electron chi connectivity index (χ1n) is 5.77. The minimum atomic E-state index is -4.13. The van der Waals surface area contributed by atoms with Gasteiger partial charge in [0.1, 0.15) is 5.54 Å². The summed E-state index contributed by atoms with van der Waals surface area (Å²) in [6.07, 6.45) is 0.350. The average molecular weight is 331 g/mol. The minimum absolute atomic E-state index is 0.304. The molecule has 0 aromatic heterocycles. The second-order valence-electron chi connectivity index (χ2n) is 4.47. The maximum atomic E-state index is 13.5. The van der Waals surface area contributed by atoms with Gasteiger partial charge in [-0.3, -0.25) is 10.1 Å². The van der Waals surface area contributed by atoms with E-state index in [2.05, 4.69) is 4.72 Å². The van der Waals surface area contributed by atoms with Crippen LogP contribution in [-0.2, 0) is 10.0 Å². The summed E-state index contributed by atoms with van der Waals surface area (Å²) in [7, 11) is -4.13. The first-order valence-corrected chi connectivity index (χ1v) is 8.40. The lowest BCUT2D eigenvalue weighted by Gasteiger charge is -2.20. The second-order valence-corrected chi connectivity index (χ2v) is 7.26. The van der Waals surface area contributed by atoms with Crippen LogP contribution in [0, 0.1) is 27.3 Å². The van der Waals surface area contributed by atoms with Gasteiger partial charge in [0.25, 0.3) is 0 Å². The summed E-state index contributed by atoms with van der Waals surface area (Å²) in [5, 5.41) is 19.7. The molecule has 1 heterocycles. The number of nitrogens with one attached hydrogen (secondary N) is 1. The van der Waals surface area contributed by atoms with E-state index in [1.165, 1.54) is 11.8 Å². The van der Waals surface area contributed by atoms with Crippen molar-refractivity contribution in [3.8, 4) is 6.07 Å². The quantitative estimate of drug-likeness (QED) is 0.659. The van der Waals surface area contributed by atoms with Crippen LogP contribution in [0.2, 0.25) is 0 Å². The molecule has 1 aromatic rings. The molecule has 1 atom stereocenters. The molecule has 1 N–H and O–H groups in total. The topological polar surface area (TPSA) is 113 Å². The standard InChI is InChI=1S/C11H10FN3O4S2/c12-9-5-8(1-2-10(9)15(16)17)21(18,19)14-11(6-13)3-4-20-7-11/h1-2,5,14H,3-4,7H2. The van der Waals surface area contributed by atoms with Crippen molar-refractivity contribution in [1.29, 1.82) is 5.26 Å². The van der Waals surface area contributed by atoms with Crippen LogP contribution >= 0.6 is 11.8 Å². The fraction of sp³-hybridized carbons (Fsp3) is 0.364. The van der Waals surface area contributed by atoms with Crippen molar-refractivity contribution < 1.29 is 17.7 Å². The van der Waals surface area contributed by atoms with Crippen LogP contribution in [-0.4, -0.2) is 30.4 Å². The Kier molecular flexibility index (Phi) is 4.18. The summed E-state index contributed by atoms with van der Waals surface area (Å²) >= 11 is 1.44. The van der Waals surface area contributed by atoms with E-state index < -0.39 is 36.9 Å². The van der Waals surface area contributed by atoms with E-state index in [9.17, 15) is 22.9 Å². The molecule has 1 fully saturated rings. The zero-order valence-corrected chi connectivity index (χ0v) is 12.2. The van der Waals surface area contributed by atoms with Gasteiger partial charge in [-0.25, -0.2) is 8.42 Å². The van der Waals surface area contributed by atoms with Crippen LogP contribution in [0.15, 0.2) is 23.1 Å². The first-order chi connectivity index (χ1) is 9.80. The van der Waals surface area contributed by atoms with E-state index in [0.717, 1.165) is 12.1 Å². The van der Waals surface area contributed by atoms with Crippen LogP contribution in [0.4, 0.5) is 10.1 Å². The molecule has 1 aromatic carbocycles. The van der Waals surface area contributed by atoms with E-state index in [1.807, 2.05) is 6.07 Å². The maximum Gasteiger partial charge on any atom is 0.304 e. The number of nitro groups is 1. The van der Waals surface area contributed by atoms with Crippen LogP contribution in [0.3, 0.4) is 0 Å². The number of thioether (sulfide) groups is 1. The highest BCUT2D eigenvalue weighted by molar-refractivity contribution is 7.99. The summed E-state index contributed by atoms with van der Waals surface area (Å²) in [6.45, 7) is 0. The lowest BCUT2D eigenvalue weighted by atomic mass is 10.0. The van der Waals surface area contributed by atoms with Crippen LogP contribution < -0.4 is 4.72 Å².